The van der Waals surface area contributed by atoms with Crippen LogP contribution in [0.4, 0.5) is 4.79 Å². The summed E-state index contributed by atoms with van der Waals surface area (Å²) in [7, 11) is 0. The Labute approximate surface area is 102 Å². The number of carbonyl (C=O) groups excluding carboxylic acids is 1. The van der Waals surface area contributed by atoms with Crippen LogP contribution in [0.2, 0.25) is 0 Å². The number of rotatable bonds is 4. The average Bonchev–Trinajstić information content (AvgIpc) is 2.78. The molecule has 17 heavy (non-hydrogen) atoms. The molecule has 1 N–H and O–H groups in total. The van der Waals surface area contributed by atoms with E-state index in [4.69, 9.17) is 5.11 Å². The zero-order valence-electron chi connectivity index (χ0n) is 10.8. The molecule has 1 aliphatic rings. The summed E-state index contributed by atoms with van der Waals surface area (Å²) in [4.78, 5) is 26.6. The van der Waals surface area contributed by atoms with Crippen molar-refractivity contribution in [2.75, 3.05) is 13.1 Å². The summed E-state index contributed by atoms with van der Waals surface area (Å²) in [5.41, 5.74) is 0. The van der Waals surface area contributed by atoms with E-state index in [9.17, 15) is 9.59 Å². The molecule has 0 aromatic carbocycles. The van der Waals surface area contributed by atoms with Crippen molar-refractivity contribution < 1.29 is 14.7 Å². The molecule has 1 heterocycles. The molecule has 0 aromatic heterocycles. The second-order valence-corrected chi connectivity index (χ2v) is 4.52. The number of hydrogen-bond donors (Lipinski definition) is 1. The average molecular weight is 242 g/mol. The van der Waals surface area contributed by atoms with Gasteiger partial charge in [-0.15, -0.1) is 0 Å². The molecule has 2 atom stereocenters. The zero-order valence-corrected chi connectivity index (χ0v) is 10.8. The fourth-order valence-electron chi connectivity index (χ4n) is 2.27. The summed E-state index contributed by atoms with van der Waals surface area (Å²) in [5, 5.41) is 9.07. The van der Waals surface area contributed by atoms with E-state index in [-0.39, 0.29) is 12.1 Å². The van der Waals surface area contributed by atoms with Gasteiger partial charge in [0.15, 0.2) is 0 Å². The molecule has 0 aromatic rings. The lowest BCUT2D eigenvalue weighted by Gasteiger charge is -2.33. The highest BCUT2D eigenvalue weighted by Crippen LogP contribution is 2.20. The standard InChI is InChI=1S/C12H22N2O3/c1-4-9(3)13(5-2)12(17)14-8-6-7-10(14)11(15)16/h9-10H,4-8H2,1-3H3,(H,15,16). The van der Waals surface area contributed by atoms with E-state index in [2.05, 4.69) is 0 Å². The van der Waals surface area contributed by atoms with E-state index >= 15 is 0 Å². The van der Waals surface area contributed by atoms with Crippen LogP contribution in [0.15, 0.2) is 0 Å². The lowest BCUT2D eigenvalue weighted by Crippen LogP contribution is -2.50. The molecule has 0 spiro atoms. The maximum absolute atomic E-state index is 12.3. The van der Waals surface area contributed by atoms with Crippen molar-refractivity contribution in [3.05, 3.63) is 0 Å². The van der Waals surface area contributed by atoms with E-state index < -0.39 is 12.0 Å². The fraction of sp³-hybridized carbons (Fsp3) is 0.833. The monoisotopic (exact) mass is 242 g/mol. The minimum absolute atomic E-state index is 0.133. The second kappa shape index (κ2) is 5.89. The van der Waals surface area contributed by atoms with Gasteiger partial charge < -0.3 is 14.9 Å². The van der Waals surface area contributed by atoms with Crippen LogP contribution in [-0.2, 0) is 4.79 Å². The van der Waals surface area contributed by atoms with Gasteiger partial charge >= 0.3 is 12.0 Å². The van der Waals surface area contributed by atoms with Gasteiger partial charge in [-0.1, -0.05) is 6.92 Å². The van der Waals surface area contributed by atoms with Crippen LogP contribution >= 0.6 is 0 Å². The smallest absolute Gasteiger partial charge is 0.326 e. The van der Waals surface area contributed by atoms with Crippen molar-refractivity contribution in [1.82, 2.24) is 9.80 Å². The van der Waals surface area contributed by atoms with Crippen LogP contribution in [0.3, 0.4) is 0 Å². The molecular weight excluding hydrogens is 220 g/mol. The quantitative estimate of drug-likeness (QED) is 0.817. The van der Waals surface area contributed by atoms with Gasteiger partial charge in [0.2, 0.25) is 0 Å². The van der Waals surface area contributed by atoms with E-state index in [0.29, 0.717) is 19.5 Å². The lowest BCUT2D eigenvalue weighted by atomic mass is 10.2. The number of aliphatic carboxylic acids is 1. The van der Waals surface area contributed by atoms with Crippen LogP contribution in [-0.4, -0.2) is 52.1 Å². The molecule has 1 saturated heterocycles. The van der Waals surface area contributed by atoms with Gasteiger partial charge in [0, 0.05) is 19.1 Å². The van der Waals surface area contributed by atoms with Crippen molar-refractivity contribution >= 4 is 12.0 Å². The molecule has 0 bridgehead atoms. The number of carboxylic acids is 1. The van der Waals surface area contributed by atoms with E-state index in [0.717, 1.165) is 12.8 Å². The molecule has 0 radical (unpaired) electrons. The van der Waals surface area contributed by atoms with Crippen molar-refractivity contribution in [3.8, 4) is 0 Å². The maximum atomic E-state index is 12.3. The minimum atomic E-state index is -0.893. The maximum Gasteiger partial charge on any atom is 0.326 e. The largest absolute Gasteiger partial charge is 0.480 e. The third-order valence-electron chi connectivity index (χ3n) is 3.49. The van der Waals surface area contributed by atoms with Crippen LogP contribution in [0.1, 0.15) is 40.0 Å². The van der Waals surface area contributed by atoms with E-state index in [1.165, 1.54) is 4.90 Å². The Morgan fingerprint density at radius 3 is 2.59 bits per heavy atom. The molecule has 0 saturated carbocycles. The Kier molecular flexibility index (Phi) is 4.78. The number of carbonyl (C=O) groups is 2. The molecular formula is C12H22N2O3. The van der Waals surface area contributed by atoms with Crippen molar-refractivity contribution in [2.24, 2.45) is 0 Å². The Balaban J connectivity index is 2.76. The van der Waals surface area contributed by atoms with Gasteiger partial charge in [0.05, 0.1) is 0 Å². The van der Waals surface area contributed by atoms with Crippen molar-refractivity contribution in [2.45, 2.75) is 52.1 Å². The molecule has 0 aliphatic carbocycles. The Bertz CT molecular complexity index is 293. The first kappa shape index (κ1) is 13.8. The first-order chi connectivity index (χ1) is 8.02. The highest BCUT2D eigenvalue weighted by atomic mass is 16.4. The molecule has 2 amide bonds. The summed E-state index contributed by atoms with van der Waals surface area (Å²) in [6, 6.07) is -0.616. The molecule has 1 rings (SSSR count). The molecule has 1 fully saturated rings. The summed E-state index contributed by atoms with van der Waals surface area (Å²) in [5.74, 6) is -0.893. The van der Waals surface area contributed by atoms with Gasteiger partial charge in [-0.25, -0.2) is 9.59 Å². The number of nitrogens with zero attached hydrogens (tertiary/aromatic N) is 2. The number of carboxylic acid groups (broad SMARTS) is 1. The van der Waals surface area contributed by atoms with Crippen LogP contribution in [0.5, 0.6) is 0 Å². The predicted molar refractivity (Wildman–Crippen MR) is 64.9 cm³/mol. The van der Waals surface area contributed by atoms with Crippen molar-refractivity contribution in [3.63, 3.8) is 0 Å². The number of likely N-dealkylation sites (tertiary alicyclic amines) is 1. The van der Waals surface area contributed by atoms with Gasteiger partial charge in [-0.3, -0.25) is 0 Å². The topological polar surface area (TPSA) is 60.9 Å². The van der Waals surface area contributed by atoms with Crippen LogP contribution in [0.25, 0.3) is 0 Å². The normalized spacial score (nSPS) is 21.4. The number of amides is 2. The fourth-order valence-corrected chi connectivity index (χ4v) is 2.27. The van der Waals surface area contributed by atoms with Crippen LogP contribution < -0.4 is 0 Å². The van der Waals surface area contributed by atoms with Gasteiger partial charge in [0.1, 0.15) is 6.04 Å². The third-order valence-corrected chi connectivity index (χ3v) is 3.49. The summed E-state index contributed by atoms with van der Waals surface area (Å²) in [6.45, 7) is 7.13. The molecule has 5 nitrogen and oxygen atoms in total. The predicted octanol–water partition coefficient (Wildman–Crippen LogP) is 1.78. The van der Waals surface area contributed by atoms with Gasteiger partial charge in [-0.05, 0) is 33.1 Å². The van der Waals surface area contributed by atoms with Gasteiger partial charge in [-0.2, -0.15) is 0 Å². The lowest BCUT2D eigenvalue weighted by molar-refractivity contribution is -0.141. The van der Waals surface area contributed by atoms with E-state index in [1.807, 2.05) is 20.8 Å². The highest BCUT2D eigenvalue weighted by Gasteiger charge is 2.36. The summed E-state index contributed by atoms with van der Waals surface area (Å²) in [6.07, 6.45) is 2.23. The Hall–Kier alpha value is -1.26. The molecule has 1 aliphatic heterocycles. The summed E-state index contributed by atoms with van der Waals surface area (Å²) >= 11 is 0. The van der Waals surface area contributed by atoms with Crippen LogP contribution in [0, 0.1) is 0 Å². The molecule has 2 unspecified atom stereocenters. The minimum Gasteiger partial charge on any atom is -0.480 e. The molecule has 5 heteroatoms. The second-order valence-electron chi connectivity index (χ2n) is 4.52. The SMILES string of the molecule is CCC(C)N(CC)C(=O)N1CCCC1C(=O)O. The van der Waals surface area contributed by atoms with E-state index in [1.54, 1.807) is 4.90 Å². The first-order valence-electron chi connectivity index (χ1n) is 6.32. The first-order valence-corrected chi connectivity index (χ1v) is 6.32. The third kappa shape index (κ3) is 2.90. The Morgan fingerprint density at radius 2 is 2.12 bits per heavy atom. The Morgan fingerprint density at radius 1 is 1.47 bits per heavy atom. The van der Waals surface area contributed by atoms with Gasteiger partial charge in [0.25, 0.3) is 0 Å². The highest BCUT2D eigenvalue weighted by molar-refractivity contribution is 5.83. The zero-order chi connectivity index (χ0) is 13.0. The molecule has 98 valence electrons. The van der Waals surface area contributed by atoms with Crippen molar-refractivity contribution in [1.29, 1.82) is 0 Å². The number of urea groups is 1. The number of hydrogen-bond acceptors (Lipinski definition) is 2. The summed E-state index contributed by atoms with van der Waals surface area (Å²) < 4.78 is 0.